The monoisotopic (exact) mass is 1020 g/mol. The predicted octanol–water partition coefficient (Wildman–Crippen LogP) is 16.3. The highest BCUT2D eigenvalue weighted by Crippen LogP contribution is 2.72. The summed E-state index contributed by atoms with van der Waals surface area (Å²) < 4.78 is 47.3. The Morgan fingerprint density at radius 1 is 0.419 bits per heavy atom. The average molecular weight is 1020 g/mol. The Hall–Kier alpha value is -7.98. The van der Waals surface area contributed by atoms with Gasteiger partial charge in [-0.1, -0.05) is 171 Å². The molecule has 0 N–H and O–H groups in total. The van der Waals surface area contributed by atoms with Crippen molar-refractivity contribution in [2.45, 2.75) is 24.9 Å². The maximum absolute atomic E-state index is 18.3. The molecule has 0 saturated heterocycles. The molecule has 0 spiro atoms. The zero-order valence-electron chi connectivity index (χ0n) is 40.6. The van der Waals surface area contributed by atoms with E-state index >= 15 is 9.13 Å². The van der Waals surface area contributed by atoms with Gasteiger partial charge in [0, 0.05) is 34.1 Å². The summed E-state index contributed by atoms with van der Waals surface area (Å²) in [5.41, 5.74) is 11.6. The Morgan fingerprint density at radius 2 is 0.797 bits per heavy atom. The number of para-hydroxylation sites is 10. The number of anilines is 10. The van der Waals surface area contributed by atoms with Gasteiger partial charge in [0.1, 0.15) is 10.9 Å². The van der Waals surface area contributed by atoms with E-state index in [0.29, 0.717) is 22.6 Å². The Labute approximate surface area is 434 Å². The first kappa shape index (κ1) is 45.9. The van der Waals surface area contributed by atoms with E-state index in [2.05, 4.69) is 167 Å². The van der Waals surface area contributed by atoms with E-state index in [-0.39, 0.29) is 5.92 Å². The van der Waals surface area contributed by atoms with Crippen molar-refractivity contribution in [2.24, 2.45) is 0 Å². The van der Waals surface area contributed by atoms with Gasteiger partial charge in [-0.3, -0.25) is 32.5 Å². The third-order valence-electron chi connectivity index (χ3n) is 14.6. The van der Waals surface area contributed by atoms with Crippen LogP contribution in [0.3, 0.4) is 0 Å². The SMILES string of the molecule is CC1C(c2ccccc2)Cc2ccccc2N(c2ccccc2)P1(=O)c1cc(P2(=O)N(c3ccccc3)c3ccccc3N2c2ccccc2)cc(P2N(c3ccccc3)c3ccccc3N2c2ccccc2)n1. The van der Waals surface area contributed by atoms with Crippen LogP contribution in [0.25, 0.3) is 0 Å². The zero-order valence-corrected chi connectivity index (χ0v) is 43.3. The average Bonchev–Trinajstić information content (AvgIpc) is 3.98. The quantitative estimate of drug-likeness (QED) is 0.133. The number of benzene rings is 9. The summed E-state index contributed by atoms with van der Waals surface area (Å²) in [6, 6.07) is 90.7. The Kier molecular flexibility index (Phi) is 11.7. The molecule has 13 rings (SSSR count). The molecule has 0 radical (unpaired) electrons. The number of nitrogens with zero attached hydrogens (tertiary/aromatic N) is 6. The van der Waals surface area contributed by atoms with Crippen molar-refractivity contribution >= 4 is 96.0 Å². The lowest BCUT2D eigenvalue weighted by Crippen LogP contribution is -2.39. The normalized spacial score (nSPS) is 18.9. The van der Waals surface area contributed by atoms with Gasteiger partial charge in [-0.25, -0.2) is 4.98 Å². The van der Waals surface area contributed by atoms with Crippen molar-refractivity contribution < 1.29 is 9.13 Å². The van der Waals surface area contributed by atoms with Gasteiger partial charge in [-0.05, 0) is 127 Å². The maximum atomic E-state index is 18.3. The van der Waals surface area contributed by atoms with E-state index in [1.807, 2.05) is 131 Å². The van der Waals surface area contributed by atoms with Crippen LogP contribution in [0.4, 0.5) is 56.9 Å². The van der Waals surface area contributed by atoms with Crippen LogP contribution in [-0.4, -0.2) is 10.6 Å². The van der Waals surface area contributed by atoms with Crippen molar-refractivity contribution in [3.05, 3.63) is 278 Å². The van der Waals surface area contributed by atoms with Crippen LogP contribution in [0.1, 0.15) is 24.0 Å². The molecule has 8 nitrogen and oxygen atoms in total. The number of hydrogen-bond acceptors (Lipinski definition) is 5. The molecule has 1 aromatic heterocycles. The molecule has 9 aromatic carbocycles. The Bertz CT molecular complexity index is 3610. The highest BCUT2D eigenvalue weighted by atomic mass is 31.2. The van der Waals surface area contributed by atoms with Crippen LogP contribution in [0, 0.1) is 0 Å². The standard InChI is InChI=1S/C63H51N6O2P3/c1-47-56(48-26-8-2-9-27-48)44-49-28-20-21-39-57(49)67(52-33-14-5-15-34-52)73(47,70)63-46-55(74(71)68(53-35-16-6-17-36-53)60-42-24-25-43-61(60)69(74)54-37-18-7-19-38-54)45-62(64-63)72-65(50-29-10-3-11-30-50)58-40-22-23-41-59(58)66(72)51-31-12-4-13-32-51/h2-43,45-47,56H,44H2,1H3. The van der Waals surface area contributed by atoms with Gasteiger partial charge in [0.15, 0.2) is 8.22 Å². The van der Waals surface area contributed by atoms with Crippen molar-refractivity contribution in [3.8, 4) is 0 Å². The van der Waals surface area contributed by atoms with Crippen LogP contribution in [0.2, 0.25) is 0 Å². The number of fused-ring (bicyclic) bond motifs is 3. The molecular formula is C63H51N6O2P3. The van der Waals surface area contributed by atoms with Gasteiger partial charge in [-0.2, -0.15) is 0 Å². The number of rotatable bonds is 9. The first-order valence-electron chi connectivity index (χ1n) is 25.0. The van der Waals surface area contributed by atoms with Gasteiger partial charge in [0.05, 0.1) is 33.7 Å². The second-order valence-corrected chi connectivity index (χ2v) is 26.0. The van der Waals surface area contributed by atoms with Crippen LogP contribution in [-0.2, 0) is 15.6 Å². The van der Waals surface area contributed by atoms with Gasteiger partial charge >= 0.3 is 7.44 Å². The molecule has 0 amide bonds. The van der Waals surface area contributed by atoms with Crippen LogP contribution >= 0.6 is 23.0 Å². The highest BCUT2D eigenvalue weighted by molar-refractivity contribution is 7.77. The van der Waals surface area contributed by atoms with Crippen molar-refractivity contribution in [2.75, 3.05) is 23.4 Å². The molecule has 11 heteroatoms. The van der Waals surface area contributed by atoms with Gasteiger partial charge < -0.3 is 0 Å². The molecule has 0 fully saturated rings. The largest absolute Gasteiger partial charge is 0.301 e. The lowest BCUT2D eigenvalue weighted by Gasteiger charge is -2.39. The minimum absolute atomic E-state index is 0.178. The number of aromatic nitrogens is 1. The first-order chi connectivity index (χ1) is 36.4. The molecule has 0 saturated carbocycles. The molecule has 3 aliphatic heterocycles. The second kappa shape index (κ2) is 18.8. The van der Waals surface area contributed by atoms with Crippen LogP contribution in [0.5, 0.6) is 0 Å². The molecular weight excluding hydrogens is 966 g/mol. The van der Waals surface area contributed by atoms with Gasteiger partial charge in [-0.15, -0.1) is 0 Å². The summed E-state index contributed by atoms with van der Waals surface area (Å²) in [5, 5.41) is 0.519. The third-order valence-corrected chi connectivity index (χ3v) is 23.2. The minimum Gasteiger partial charge on any atom is -0.295 e. The van der Waals surface area contributed by atoms with Crippen molar-refractivity contribution in [1.82, 2.24) is 4.98 Å². The van der Waals surface area contributed by atoms with Crippen LogP contribution < -0.4 is 39.5 Å². The maximum Gasteiger partial charge on any atom is 0.301 e. The molecule has 360 valence electrons. The minimum atomic E-state index is -4.10. The fourth-order valence-electron chi connectivity index (χ4n) is 11.2. The lowest BCUT2D eigenvalue weighted by molar-refractivity contribution is 0.558. The van der Waals surface area contributed by atoms with Gasteiger partial charge in [0.2, 0.25) is 7.29 Å². The van der Waals surface area contributed by atoms with Crippen LogP contribution in [0.15, 0.2) is 267 Å². The van der Waals surface area contributed by atoms with Crippen molar-refractivity contribution in [3.63, 3.8) is 0 Å². The fourth-order valence-corrected chi connectivity index (χ4v) is 20.3. The topological polar surface area (TPSA) is 63.2 Å². The predicted molar refractivity (Wildman–Crippen MR) is 310 cm³/mol. The molecule has 3 unspecified atom stereocenters. The van der Waals surface area contributed by atoms with E-state index in [1.165, 1.54) is 0 Å². The summed E-state index contributed by atoms with van der Waals surface area (Å²) in [4.78, 5) is 5.94. The van der Waals surface area contributed by atoms with E-state index in [0.717, 1.165) is 68.0 Å². The van der Waals surface area contributed by atoms with E-state index in [1.54, 1.807) is 0 Å². The summed E-state index contributed by atoms with van der Waals surface area (Å²) >= 11 is 0. The lowest BCUT2D eigenvalue weighted by atomic mass is 9.89. The van der Waals surface area contributed by atoms with Crippen molar-refractivity contribution in [1.29, 1.82) is 0 Å². The summed E-state index contributed by atoms with van der Waals surface area (Å²) in [6.07, 6.45) is 0.657. The highest BCUT2D eigenvalue weighted by Gasteiger charge is 2.53. The molecule has 0 bridgehead atoms. The molecule has 10 aromatic rings. The van der Waals surface area contributed by atoms with Gasteiger partial charge in [0.25, 0.3) is 0 Å². The second-order valence-electron chi connectivity index (χ2n) is 18.8. The summed E-state index contributed by atoms with van der Waals surface area (Å²) in [6.45, 7) is 2.15. The molecule has 4 heterocycles. The molecule has 74 heavy (non-hydrogen) atoms. The summed E-state index contributed by atoms with van der Waals surface area (Å²) in [7, 11) is -9.82. The smallest absolute Gasteiger partial charge is 0.295 e. The Balaban J connectivity index is 1.17. The number of pyridine rings is 1. The van der Waals surface area contributed by atoms with E-state index < -0.39 is 28.6 Å². The molecule has 0 aliphatic carbocycles. The molecule has 3 aliphatic rings. The number of hydrogen-bond donors (Lipinski definition) is 0. The summed E-state index contributed by atoms with van der Waals surface area (Å²) in [5.74, 6) is -0.178. The Morgan fingerprint density at radius 3 is 1.27 bits per heavy atom. The molecule has 3 atom stereocenters. The fraction of sp³-hybridized carbons (Fsp3) is 0.0635. The first-order valence-corrected chi connectivity index (χ1v) is 29.6. The third kappa shape index (κ3) is 7.43. The zero-order chi connectivity index (χ0) is 49.8. The van der Waals surface area contributed by atoms with E-state index in [4.69, 9.17) is 4.98 Å². The van der Waals surface area contributed by atoms with E-state index in [9.17, 15) is 0 Å².